The zero-order valence-electron chi connectivity index (χ0n) is 13.1. The van der Waals surface area contributed by atoms with Gasteiger partial charge in [-0.3, -0.25) is 9.48 Å². The van der Waals surface area contributed by atoms with Crippen LogP contribution >= 0.6 is 23.2 Å². The van der Waals surface area contributed by atoms with Crippen LogP contribution in [0.15, 0.2) is 42.7 Å². The highest BCUT2D eigenvalue weighted by Gasteiger charge is 2.11. The molecule has 0 aliphatic rings. The highest BCUT2D eigenvalue weighted by atomic mass is 35.5. The molecule has 0 saturated carbocycles. The van der Waals surface area contributed by atoms with Crippen LogP contribution in [-0.4, -0.2) is 25.9 Å². The minimum Gasteiger partial charge on any atom is -0.436 e. The maximum absolute atomic E-state index is 12.2. The number of nitrogens with one attached hydrogen (secondary N) is 1. The van der Waals surface area contributed by atoms with Crippen molar-refractivity contribution in [2.75, 3.05) is 5.32 Å². The van der Waals surface area contributed by atoms with Crippen LogP contribution in [0.25, 0.3) is 0 Å². The second kappa shape index (κ2) is 7.50. The number of rotatable bonds is 5. The van der Waals surface area contributed by atoms with Gasteiger partial charge in [0.25, 0.3) is 5.91 Å². The molecular weight excluding hydrogens is 365 g/mol. The van der Waals surface area contributed by atoms with Crippen molar-refractivity contribution in [2.45, 2.75) is 13.5 Å². The lowest BCUT2D eigenvalue weighted by Crippen LogP contribution is -2.11. The highest BCUT2D eigenvalue weighted by Crippen LogP contribution is 2.31. The van der Waals surface area contributed by atoms with E-state index in [9.17, 15) is 4.79 Å². The van der Waals surface area contributed by atoms with Gasteiger partial charge in [0.05, 0.1) is 16.8 Å². The van der Waals surface area contributed by atoms with E-state index in [4.69, 9.17) is 27.9 Å². The first-order valence-corrected chi connectivity index (χ1v) is 8.11. The topological polar surface area (TPSA) is 81.9 Å². The molecule has 128 valence electrons. The molecule has 0 fully saturated rings. The largest absolute Gasteiger partial charge is 0.436 e. The van der Waals surface area contributed by atoms with E-state index in [1.54, 1.807) is 41.2 Å². The standard InChI is InChI=1S/C16H13Cl2N5O2/c1-2-23-9-10(8-19-23)16(24)20-11-3-4-13(12(17)7-11)25-15-6-5-14(18)21-22-15/h3-9H,2H2,1H3,(H,20,24). The van der Waals surface area contributed by atoms with Crippen LogP contribution in [0.1, 0.15) is 17.3 Å². The normalized spacial score (nSPS) is 10.5. The van der Waals surface area contributed by atoms with Crippen molar-refractivity contribution in [3.8, 4) is 11.6 Å². The molecule has 3 rings (SSSR count). The van der Waals surface area contributed by atoms with Gasteiger partial charge < -0.3 is 10.1 Å². The summed E-state index contributed by atoms with van der Waals surface area (Å²) in [6.45, 7) is 2.64. The molecule has 0 aliphatic heterocycles. The van der Waals surface area contributed by atoms with Crippen molar-refractivity contribution < 1.29 is 9.53 Å². The predicted molar refractivity (Wildman–Crippen MR) is 94.4 cm³/mol. The Morgan fingerprint density at radius 1 is 1.24 bits per heavy atom. The van der Waals surface area contributed by atoms with Gasteiger partial charge >= 0.3 is 0 Å². The number of benzene rings is 1. The molecule has 0 atom stereocenters. The Morgan fingerprint density at radius 2 is 2.08 bits per heavy atom. The molecule has 2 aromatic heterocycles. The Labute approximate surface area is 153 Å². The Hall–Kier alpha value is -2.64. The number of aryl methyl sites for hydroxylation is 1. The van der Waals surface area contributed by atoms with Gasteiger partial charge in [0.1, 0.15) is 5.75 Å². The summed E-state index contributed by atoms with van der Waals surface area (Å²) in [5, 5.41) is 14.9. The Kier molecular flexibility index (Phi) is 5.16. The van der Waals surface area contributed by atoms with Crippen molar-refractivity contribution in [2.24, 2.45) is 0 Å². The smallest absolute Gasteiger partial charge is 0.258 e. The highest BCUT2D eigenvalue weighted by molar-refractivity contribution is 6.32. The maximum atomic E-state index is 12.2. The SMILES string of the molecule is CCn1cc(C(=O)Nc2ccc(Oc3ccc(Cl)nn3)c(Cl)c2)cn1. The summed E-state index contributed by atoms with van der Waals surface area (Å²) in [5.74, 6) is 0.373. The molecule has 0 saturated heterocycles. The third-order valence-electron chi connectivity index (χ3n) is 3.23. The summed E-state index contributed by atoms with van der Waals surface area (Å²) in [6, 6.07) is 8.02. The van der Waals surface area contributed by atoms with E-state index < -0.39 is 0 Å². The van der Waals surface area contributed by atoms with E-state index in [2.05, 4.69) is 20.6 Å². The molecule has 1 N–H and O–H groups in total. The quantitative estimate of drug-likeness (QED) is 0.725. The number of amides is 1. The first-order chi connectivity index (χ1) is 12.0. The van der Waals surface area contributed by atoms with Gasteiger partial charge in [0.2, 0.25) is 5.88 Å². The lowest BCUT2D eigenvalue weighted by molar-refractivity contribution is 0.102. The summed E-state index contributed by atoms with van der Waals surface area (Å²) in [5.41, 5.74) is 1.00. The average molecular weight is 378 g/mol. The van der Waals surface area contributed by atoms with Crippen LogP contribution < -0.4 is 10.1 Å². The summed E-state index contributed by atoms with van der Waals surface area (Å²) in [4.78, 5) is 12.2. The zero-order chi connectivity index (χ0) is 17.8. The van der Waals surface area contributed by atoms with E-state index >= 15 is 0 Å². The van der Waals surface area contributed by atoms with Gasteiger partial charge in [0.15, 0.2) is 5.15 Å². The number of carbonyl (C=O) groups excluding carboxylic acids is 1. The number of halogens is 2. The molecule has 7 nitrogen and oxygen atoms in total. The molecule has 1 amide bonds. The Morgan fingerprint density at radius 3 is 2.72 bits per heavy atom. The summed E-state index contributed by atoms with van der Waals surface area (Å²) < 4.78 is 7.21. The molecule has 9 heteroatoms. The van der Waals surface area contributed by atoms with E-state index in [-0.39, 0.29) is 16.9 Å². The first-order valence-electron chi connectivity index (χ1n) is 7.35. The van der Waals surface area contributed by atoms with Gasteiger partial charge in [-0.1, -0.05) is 23.2 Å². The molecular formula is C16H13Cl2N5O2. The maximum Gasteiger partial charge on any atom is 0.258 e. The van der Waals surface area contributed by atoms with Crippen LogP contribution in [0, 0.1) is 0 Å². The van der Waals surface area contributed by atoms with Gasteiger partial charge in [-0.05, 0) is 31.2 Å². The van der Waals surface area contributed by atoms with Crippen molar-refractivity contribution >= 4 is 34.8 Å². The monoisotopic (exact) mass is 377 g/mol. The summed E-state index contributed by atoms with van der Waals surface area (Å²) in [7, 11) is 0. The number of hydrogen-bond donors (Lipinski definition) is 1. The predicted octanol–water partition coefficient (Wildman–Crippen LogP) is 4.04. The van der Waals surface area contributed by atoms with Gasteiger partial charge in [-0.25, -0.2) is 0 Å². The second-order valence-corrected chi connectivity index (χ2v) is 5.77. The molecule has 0 radical (unpaired) electrons. The molecule has 0 unspecified atom stereocenters. The number of anilines is 1. The second-order valence-electron chi connectivity index (χ2n) is 4.98. The average Bonchev–Trinajstić information content (AvgIpc) is 3.08. The van der Waals surface area contributed by atoms with Gasteiger partial charge in [0, 0.05) is 24.5 Å². The summed E-state index contributed by atoms with van der Waals surface area (Å²) in [6.07, 6.45) is 3.19. The fourth-order valence-corrected chi connectivity index (χ4v) is 2.31. The Bertz CT molecular complexity index is 896. The Balaban J connectivity index is 1.70. The van der Waals surface area contributed by atoms with Crippen LogP contribution in [0.5, 0.6) is 11.6 Å². The number of ether oxygens (including phenoxy) is 1. The van der Waals surface area contributed by atoms with Gasteiger partial charge in [-0.15, -0.1) is 10.2 Å². The number of carbonyl (C=O) groups is 1. The lowest BCUT2D eigenvalue weighted by Gasteiger charge is -2.09. The molecule has 0 aliphatic carbocycles. The zero-order valence-corrected chi connectivity index (χ0v) is 14.6. The lowest BCUT2D eigenvalue weighted by atomic mass is 10.2. The van der Waals surface area contributed by atoms with Crippen molar-refractivity contribution in [1.82, 2.24) is 20.0 Å². The summed E-state index contributed by atoms with van der Waals surface area (Å²) >= 11 is 11.9. The van der Waals surface area contributed by atoms with Crippen molar-refractivity contribution in [1.29, 1.82) is 0 Å². The molecule has 2 heterocycles. The number of nitrogens with zero attached hydrogens (tertiary/aromatic N) is 4. The van der Waals surface area contributed by atoms with Crippen molar-refractivity contribution in [3.63, 3.8) is 0 Å². The van der Waals surface area contributed by atoms with E-state index in [0.717, 1.165) is 0 Å². The number of hydrogen-bond acceptors (Lipinski definition) is 5. The van der Waals surface area contributed by atoms with Gasteiger partial charge in [-0.2, -0.15) is 5.10 Å². The van der Waals surface area contributed by atoms with E-state index in [1.807, 2.05) is 6.92 Å². The minimum atomic E-state index is -0.270. The van der Waals surface area contributed by atoms with Crippen LogP contribution in [0.4, 0.5) is 5.69 Å². The fraction of sp³-hybridized carbons (Fsp3) is 0.125. The molecule has 25 heavy (non-hydrogen) atoms. The van der Waals surface area contributed by atoms with Crippen LogP contribution in [-0.2, 0) is 6.54 Å². The van der Waals surface area contributed by atoms with Crippen LogP contribution in [0.3, 0.4) is 0 Å². The molecule has 1 aromatic carbocycles. The molecule has 0 bridgehead atoms. The molecule has 0 spiro atoms. The molecule has 3 aromatic rings. The third kappa shape index (κ3) is 4.26. The minimum absolute atomic E-state index is 0.259. The number of aromatic nitrogens is 4. The third-order valence-corrected chi connectivity index (χ3v) is 3.73. The van der Waals surface area contributed by atoms with Crippen LogP contribution in [0.2, 0.25) is 10.2 Å². The van der Waals surface area contributed by atoms with E-state index in [0.29, 0.717) is 28.6 Å². The fourth-order valence-electron chi connectivity index (χ4n) is 1.99. The first kappa shape index (κ1) is 17.2. The van der Waals surface area contributed by atoms with E-state index in [1.165, 1.54) is 6.20 Å². The van der Waals surface area contributed by atoms with Crippen molar-refractivity contribution in [3.05, 3.63) is 58.5 Å².